The summed E-state index contributed by atoms with van der Waals surface area (Å²) in [6, 6.07) is 15.1. The molecule has 2 aromatic carbocycles. The molecule has 0 atom stereocenters. The third-order valence-corrected chi connectivity index (χ3v) is 4.53. The Balaban J connectivity index is 2.01. The van der Waals surface area contributed by atoms with Crippen LogP contribution in [0, 0.1) is 0 Å². The number of alkyl halides is 2. The molecule has 5 nitrogen and oxygen atoms in total. The van der Waals surface area contributed by atoms with Crippen molar-refractivity contribution in [2.45, 2.75) is 19.1 Å². The predicted octanol–water partition coefficient (Wildman–Crippen LogP) is 3.99. The molecule has 0 aliphatic rings. The minimum absolute atomic E-state index is 0.0595. The number of ether oxygens (including phenoxy) is 1. The van der Waals surface area contributed by atoms with Gasteiger partial charge in [0.15, 0.2) is 0 Å². The first-order valence-electron chi connectivity index (χ1n) is 8.30. The maximum Gasteiger partial charge on any atom is 0.282 e. The van der Waals surface area contributed by atoms with Gasteiger partial charge in [-0.2, -0.15) is 5.10 Å². The van der Waals surface area contributed by atoms with E-state index in [0.29, 0.717) is 34.9 Å². The molecule has 0 aliphatic carbocycles. The Morgan fingerprint density at radius 2 is 1.74 bits per heavy atom. The third kappa shape index (κ3) is 4.51. The first-order chi connectivity index (χ1) is 13.0. The van der Waals surface area contributed by atoms with Gasteiger partial charge in [0.1, 0.15) is 22.1 Å². The van der Waals surface area contributed by atoms with Gasteiger partial charge in [-0.3, -0.25) is 0 Å². The Bertz CT molecular complexity index is 973. The summed E-state index contributed by atoms with van der Waals surface area (Å²) in [5.41, 5.74) is 2.08. The normalized spacial score (nSPS) is 11.3. The Morgan fingerprint density at radius 1 is 1.07 bits per heavy atom. The molecule has 0 saturated heterocycles. The highest BCUT2D eigenvalue weighted by Gasteiger charge is 2.18. The van der Waals surface area contributed by atoms with Crippen LogP contribution in [0.5, 0.6) is 5.75 Å². The molecule has 142 valence electrons. The summed E-state index contributed by atoms with van der Waals surface area (Å²) in [7, 11) is -2.52. The van der Waals surface area contributed by atoms with Crippen LogP contribution >= 0.6 is 0 Å². The van der Waals surface area contributed by atoms with Crippen molar-refractivity contribution in [2.75, 3.05) is 6.61 Å². The summed E-state index contributed by atoms with van der Waals surface area (Å²) in [5, 5.41) is 4.03. The fourth-order valence-corrected chi connectivity index (χ4v) is 3.20. The summed E-state index contributed by atoms with van der Waals surface area (Å²) in [4.78, 5) is 0. The molecule has 0 amide bonds. The van der Waals surface area contributed by atoms with Gasteiger partial charge < -0.3 is 4.74 Å². The maximum atomic E-state index is 13.2. The average Bonchev–Trinajstić information content (AvgIpc) is 3.08. The van der Waals surface area contributed by atoms with E-state index in [2.05, 4.69) is 5.10 Å². The summed E-state index contributed by atoms with van der Waals surface area (Å²) in [5.74, 6) is 0.621. The number of benzene rings is 2. The van der Waals surface area contributed by atoms with Gasteiger partial charge in [0, 0.05) is 5.56 Å². The molecule has 8 heteroatoms. The third-order valence-electron chi connectivity index (χ3n) is 3.91. The number of hydrogen-bond acceptors (Lipinski definition) is 4. The molecule has 0 fully saturated rings. The zero-order valence-electron chi connectivity index (χ0n) is 14.5. The molecule has 0 aliphatic heterocycles. The molecule has 0 radical (unpaired) electrons. The van der Waals surface area contributed by atoms with Gasteiger partial charge in [-0.05, 0) is 42.8 Å². The van der Waals surface area contributed by atoms with E-state index in [4.69, 9.17) is 4.74 Å². The largest absolute Gasteiger partial charge is 0.494 e. The van der Waals surface area contributed by atoms with Crippen molar-refractivity contribution in [1.82, 2.24) is 9.78 Å². The van der Waals surface area contributed by atoms with E-state index < -0.39 is 17.1 Å². The number of aromatic nitrogens is 2. The van der Waals surface area contributed by atoms with E-state index in [1.54, 1.807) is 48.5 Å². The topological polar surface area (TPSA) is 61.2 Å². The quantitative estimate of drug-likeness (QED) is 0.618. The van der Waals surface area contributed by atoms with Crippen LogP contribution < -0.4 is 4.74 Å². The molecule has 3 rings (SSSR count). The molecule has 27 heavy (non-hydrogen) atoms. The number of halogens is 2. The molecule has 1 heterocycles. The lowest BCUT2D eigenvalue weighted by Gasteiger charge is -2.09. The molecule has 0 saturated carbocycles. The van der Waals surface area contributed by atoms with Crippen molar-refractivity contribution in [3.8, 4) is 22.7 Å². The SMILES string of the molecule is CCOc1ccc(-n2nc(C(F)F)cc2-c2ccc(C[SH](=O)=O)cc2)cc1. The van der Waals surface area contributed by atoms with Crippen LogP contribution in [-0.2, 0) is 16.5 Å². The number of hydrogen-bond donors (Lipinski definition) is 1. The van der Waals surface area contributed by atoms with Crippen LogP contribution in [0.2, 0.25) is 0 Å². The van der Waals surface area contributed by atoms with Gasteiger partial charge in [0.25, 0.3) is 6.43 Å². The molecule has 0 unspecified atom stereocenters. The minimum Gasteiger partial charge on any atom is -0.494 e. The number of nitrogens with zero attached hydrogens (tertiary/aromatic N) is 2. The lowest BCUT2D eigenvalue weighted by atomic mass is 10.1. The maximum absolute atomic E-state index is 13.2. The van der Waals surface area contributed by atoms with Crippen molar-refractivity contribution in [1.29, 1.82) is 0 Å². The van der Waals surface area contributed by atoms with Gasteiger partial charge in [-0.15, -0.1) is 0 Å². The van der Waals surface area contributed by atoms with Gasteiger partial charge in [0.05, 0.1) is 23.7 Å². The van der Waals surface area contributed by atoms with Crippen LogP contribution in [-0.4, -0.2) is 24.8 Å². The fourth-order valence-electron chi connectivity index (χ4n) is 2.69. The number of rotatable bonds is 7. The molecule has 1 aromatic heterocycles. The Morgan fingerprint density at radius 3 is 2.30 bits per heavy atom. The first kappa shape index (κ1) is 19.0. The summed E-state index contributed by atoms with van der Waals surface area (Å²) in [6.45, 7) is 2.41. The molecule has 0 spiro atoms. The van der Waals surface area contributed by atoms with Gasteiger partial charge in [0.2, 0.25) is 0 Å². The van der Waals surface area contributed by atoms with Gasteiger partial charge >= 0.3 is 0 Å². The Hall–Kier alpha value is -2.74. The predicted molar refractivity (Wildman–Crippen MR) is 99.1 cm³/mol. The number of thiol groups is 1. The fraction of sp³-hybridized carbons (Fsp3) is 0.211. The summed E-state index contributed by atoms with van der Waals surface area (Å²) < 4.78 is 54.9. The Kier molecular flexibility index (Phi) is 5.85. The molecular formula is C19H18F2N2O3S. The average molecular weight is 392 g/mol. The van der Waals surface area contributed by atoms with Crippen LogP contribution in [0.15, 0.2) is 54.6 Å². The zero-order valence-corrected chi connectivity index (χ0v) is 15.4. The molecule has 3 aromatic rings. The van der Waals surface area contributed by atoms with Crippen molar-refractivity contribution in [3.05, 3.63) is 65.9 Å². The smallest absolute Gasteiger partial charge is 0.282 e. The van der Waals surface area contributed by atoms with E-state index in [1.165, 1.54) is 10.7 Å². The van der Waals surface area contributed by atoms with Crippen molar-refractivity contribution in [3.63, 3.8) is 0 Å². The van der Waals surface area contributed by atoms with Crippen molar-refractivity contribution < 1.29 is 21.9 Å². The zero-order chi connectivity index (χ0) is 19.4. The Labute approximate surface area is 157 Å². The molecular weight excluding hydrogens is 374 g/mol. The van der Waals surface area contributed by atoms with Crippen LogP contribution in [0.4, 0.5) is 8.78 Å². The second-order valence-electron chi connectivity index (χ2n) is 5.78. The molecule has 0 N–H and O–H groups in total. The van der Waals surface area contributed by atoms with Gasteiger partial charge in [-0.25, -0.2) is 21.9 Å². The highest BCUT2D eigenvalue weighted by molar-refractivity contribution is 7.71. The second-order valence-corrected chi connectivity index (χ2v) is 6.76. The lowest BCUT2D eigenvalue weighted by molar-refractivity contribution is 0.145. The van der Waals surface area contributed by atoms with Gasteiger partial charge in [-0.1, -0.05) is 24.3 Å². The van der Waals surface area contributed by atoms with Crippen molar-refractivity contribution >= 4 is 10.7 Å². The van der Waals surface area contributed by atoms with E-state index in [9.17, 15) is 17.2 Å². The second kappa shape index (κ2) is 8.30. The van der Waals surface area contributed by atoms with Crippen LogP contribution in [0.3, 0.4) is 0 Å². The molecule has 0 bridgehead atoms. The van der Waals surface area contributed by atoms with E-state index >= 15 is 0 Å². The van der Waals surface area contributed by atoms with E-state index in [-0.39, 0.29) is 11.4 Å². The van der Waals surface area contributed by atoms with Crippen LogP contribution in [0.25, 0.3) is 16.9 Å². The lowest BCUT2D eigenvalue weighted by Crippen LogP contribution is -2.00. The standard InChI is InChI=1S/C19H18F2N2O3S/c1-2-26-16-9-7-15(8-10-16)23-18(11-17(22-23)19(20)21)14-5-3-13(4-6-14)12-27(24)25/h3-11,19,27H,2,12H2,1H3. The van der Waals surface area contributed by atoms with E-state index in [0.717, 1.165) is 0 Å². The van der Waals surface area contributed by atoms with Crippen molar-refractivity contribution in [2.24, 2.45) is 0 Å². The monoisotopic (exact) mass is 392 g/mol. The first-order valence-corrected chi connectivity index (χ1v) is 9.66. The highest BCUT2D eigenvalue weighted by Crippen LogP contribution is 2.29. The minimum atomic E-state index is -2.70. The summed E-state index contributed by atoms with van der Waals surface area (Å²) >= 11 is 0. The van der Waals surface area contributed by atoms with E-state index in [1.807, 2.05) is 6.92 Å². The highest BCUT2D eigenvalue weighted by atomic mass is 32.2. The van der Waals surface area contributed by atoms with Crippen LogP contribution in [0.1, 0.15) is 24.6 Å². The summed E-state index contributed by atoms with van der Waals surface area (Å²) in [6.07, 6.45) is -2.70.